The predicted octanol–water partition coefficient (Wildman–Crippen LogP) is 5.46. The molecule has 4 heterocycles. The summed E-state index contributed by atoms with van der Waals surface area (Å²) in [5.41, 5.74) is 16.3. The maximum absolute atomic E-state index is 12.5. The minimum absolute atomic E-state index is 0.0230. The number of aliphatic imine (C=N–C) groups is 1. The summed E-state index contributed by atoms with van der Waals surface area (Å²) >= 11 is 0. The van der Waals surface area contributed by atoms with Gasteiger partial charge in [-0.05, 0) is 92.2 Å². The zero-order valence-corrected chi connectivity index (χ0v) is 25.2. The van der Waals surface area contributed by atoms with Crippen LogP contribution in [0.2, 0.25) is 0 Å². The number of hydrogen-bond acceptors (Lipinski definition) is 4. The molecule has 2 aliphatic rings. The van der Waals surface area contributed by atoms with E-state index in [0.717, 1.165) is 44.9 Å². The fourth-order valence-electron chi connectivity index (χ4n) is 6.15. The maximum atomic E-state index is 12.5. The van der Waals surface area contributed by atoms with Crippen LogP contribution in [0, 0.1) is 25.7 Å². The zero-order chi connectivity index (χ0) is 31.0. The molecule has 2 aromatic heterocycles. The average molecular weight is 569 g/mol. The van der Waals surface area contributed by atoms with E-state index >= 15 is 0 Å². The first kappa shape index (κ1) is 30.4. The normalized spacial score (nSPS) is 24.2. The number of rotatable bonds is 6. The molecule has 0 saturated carbocycles. The number of aliphatic carboxylic acids is 1. The number of carboxylic acid groups (broad SMARTS) is 2. The Kier molecular flexibility index (Phi) is 8.48. The first-order chi connectivity index (χ1) is 19.8. The minimum atomic E-state index is -1.05. The second kappa shape index (κ2) is 11.7. The molecule has 0 amide bonds. The fraction of sp³-hybridized carbons (Fsp3) is 0.324. The highest BCUT2D eigenvalue weighted by atomic mass is 16.4. The summed E-state index contributed by atoms with van der Waals surface area (Å²) in [6.45, 7) is 20.0. The number of aromatic carboxylic acids is 1. The van der Waals surface area contributed by atoms with Gasteiger partial charge in [0.2, 0.25) is 0 Å². The van der Waals surface area contributed by atoms with Gasteiger partial charge < -0.3 is 25.9 Å². The van der Waals surface area contributed by atoms with Crippen molar-refractivity contribution in [2.24, 2.45) is 22.6 Å². The molecule has 0 aliphatic carbocycles. The van der Waals surface area contributed by atoms with Crippen LogP contribution in [0.25, 0.3) is 29.9 Å². The van der Waals surface area contributed by atoms with Crippen LogP contribution in [0.15, 0.2) is 46.3 Å². The Morgan fingerprint density at radius 2 is 1.74 bits per heavy atom. The van der Waals surface area contributed by atoms with Crippen molar-refractivity contribution in [3.8, 4) is 0 Å². The number of nitrogens with two attached hydrogens (primary N) is 1. The quantitative estimate of drug-likeness (QED) is 0.314. The summed E-state index contributed by atoms with van der Waals surface area (Å²) < 4.78 is 0. The van der Waals surface area contributed by atoms with E-state index in [-0.39, 0.29) is 23.8 Å². The summed E-state index contributed by atoms with van der Waals surface area (Å²) in [6.07, 6.45) is 8.59. The van der Waals surface area contributed by atoms with Crippen molar-refractivity contribution in [2.75, 3.05) is 0 Å². The van der Waals surface area contributed by atoms with E-state index in [0.29, 0.717) is 46.1 Å². The molecule has 8 nitrogen and oxygen atoms in total. The molecule has 2 aromatic rings. The van der Waals surface area contributed by atoms with Gasteiger partial charge in [0.25, 0.3) is 0 Å². The molecule has 0 unspecified atom stereocenters. The molecule has 2 atom stereocenters. The van der Waals surface area contributed by atoms with Crippen molar-refractivity contribution in [1.82, 2.24) is 9.97 Å². The number of carboxylic acids is 2. The van der Waals surface area contributed by atoms with Gasteiger partial charge in [0.05, 0.1) is 10.9 Å². The molecule has 6 N–H and O–H groups in total. The van der Waals surface area contributed by atoms with E-state index in [1.165, 1.54) is 0 Å². The number of hydrogen-bond donors (Lipinski definition) is 5. The van der Waals surface area contributed by atoms with Crippen LogP contribution >= 0.6 is 0 Å². The van der Waals surface area contributed by atoms with Gasteiger partial charge in [-0.3, -0.25) is 9.79 Å². The SMILES string of the molecule is C=Cc1c2[nH]c(c1C)/C=C1N=C(/C(C)=c3\[nH]/c(c(C)c3C(=O)O)=C\C(=C)/C(CC)=C(/C)C(N)=C2)[C@@H](CCC(=O)O)[C@@H]\1C. The monoisotopic (exact) mass is 568 g/mol. The van der Waals surface area contributed by atoms with E-state index in [9.17, 15) is 19.8 Å². The highest BCUT2D eigenvalue weighted by molar-refractivity contribution is 6.21. The van der Waals surface area contributed by atoms with Crippen molar-refractivity contribution in [3.05, 3.63) is 85.6 Å². The van der Waals surface area contributed by atoms with Crippen molar-refractivity contribution in [3.63, 3.8) is 0 Å². The van der Waals surface area contributed by atoms with Gasteiger partial charge in [0.1, 0.15) is 0 Å². The average Bonchev–Trinajstić information content (AvgIpc) is 3.52. The molecular formula is C34H40N4O4. The maximum Gasteiger partial charge on any atom is 0.338 e. The number of aromatic nitrogens is 2. The molecule has 2 aliphatic heterocycles. The van der Waals surface area contributed by atoms with E-state index in [2.05, 4.69) is 23.1 Å². The number of aromatic amines is 2. The Morgan fingerprint density at radius 1 is 1.05 bits per heavy atom. The molecule has 42 heavy (non-hydrogen) atoms. The predicted molar refractivity (Wildman–Crippen MR) is 170 cm³/mol. The van der Waals surface area contributed by atoms with E-state index in [1.807, 2.05) is 52.8 Å². The second-order valence-corrected chi connectivity index (χ2v) is 11.2. The van der Waals surface area contributed by atoms with Crippen molar-refractivity contribution in [2.45, 2.75) is 60.8 Å². The third-order valence-corrected chi connectivity index (χ3v) is 8.71. The lowest BCUT2D eigenvalue weighted by molar-refractivity contribution is -0.137. The Morgan fingerprint density at radius 3 is 2.33 bits per heavy atom. The summed E-state index contributed by atoms with van der Waals surface area (Å²) in [7, 11) is 0. The van der Waals surface area contributed by atoms with Gasteiger partial charge in [-0.25, -0.2) is 4.79 Å². The number of carbonyl (C=O) groups is 2. The van der Waals surface area contributed by atoms with E-state index in [1.54, 1.807) is 13.0 Å². The first-order valence-corrected chi connectivity index (χ1v) is 14.2. The van der Waals surface area contributed by atoms with Gasteiger partial charge in [-0.1, -0.05) is 33.1 Å². The second-order valence-electron chi connectivity index (χ2n) is 11.2. The van der Waals surface area contributed by atoms with Crippen LogP contribution in [0.3, 0.4) is 0 Å². The topological polar surface area (TPSA) is 145 Å². The number of nitrogens with one attached hydrogen (secondary N) is 2. The van der Waals surface area contributed by atoms with E-state index in [4.69, 9.17) is 10.7 Å². The molecule has 6 bridgehead atoms. The lowest BCUT2D eigenvalue weighted by atomic mass is 9.84. The third kappa shape index (κ3) is 5.36. The van der Waals surface area contributed by atoms with Crippen LogP contribution in [0.4, 0.5) is 0 Å². The van der Waals surface area contributed by atoms with Crippen LogP contribution in [-0.2, 0) is 4.79 Å². The first-order valence-electron chi connectivity index (χ1n) is 14.2. The molecule has 220 valence electrons. The molecule has 8 heteroatoms. The standard InChI is InChI=1S/C34H40N4O4/c1-9-22-16(3)13-26-20(7)31(34(41)42)33(38-26)21(8)32-24(11-12-30(39)40)19(6)28(37-32)15-27-18(5)23(10-2)29(36-27)14-25(35)17(22)4/h10,13-15,19,24,36,38H,2-3,9,11-12,35H2,1,4-8H3,(H,39,40)(H,41,42)/b22-17-,25-14?,26-13-,28-15-,33-21-/t19-,24-/m0/s1. The van der Waals surface area contributed by atoms with Crippen LogP contribution < -0.4 is 16.4 Å². The van der Waals surface area contributed by atoms with E-state index < -0.39 is 11.9 Å². The molecule has 0 spiro atoms. The third-order valence-electron chi connectivity index (χ3n) is 8.71. The molecule has 0 fully saturated rings. The molecule has 4 rings (SSSR count). The van der Waals surface area contributed by atoms with Crippen molar-refractivity contribution >= 4 is 47.5 Å². The van der Waals surface area contributed by atoms with Crippen LogP contribution in [0.1, 0.15) is 85.4 Å². The number of fused-ring (bicyclic) bond motifs is 5. The lowest BCUT2D eigenvalue weighted by Gasteiger charge is -2.18. The van der Waals surface area contributed by atoms with Gasteiger partial charge in [0.15, 0.2) is 0 Å². The van der Waals surface area contributed by atoms with Crippen LogP contribution in [0.5, 0.6) is 0 Å². The Balaban J connectivity index is 2.15. The summed E-state index contributed by atoms with van der Waals surface area (Å²) in [4.78, 5) is 36.0. The van der Waals surface area contributed by atoms with Crippen molar-refractivity contribution < 1.29 is 19.8 Å². The van der Waals surface area contributed by atoms with Gasteiger partial charge >= 0.3 is 11.9 Å². The Hall–Kier alpha value is -4.59. The van der Waals surface area contributed by atoms with Gasteiger partial charge in [-0.2, -0.15) is 0 Å². The van der Waals surface area contributed by atoms with Gasteiger partial charge in [-0.15, -0.1) is 0 Å². The fourth-order valence-corrected chi connectivity index (χ4v) is 6.15. The minimum Gasteiger partial charge on any atom is -0.481 e. The zero-order valence-electron chi connectivity index (χ0n) is 25.2. The Labute approximate surface area is 246 Å². The number of H-pyrrole nitrogens is 2. The molecule has 0 aromatic carbocycles. The summed E-state index contributed by atoms with van der Waals surface area (Å²) in [5, 5.41) is 20.8. The number of allylic oxidation sites excluding steroid dienone is 4. The summed E-state index contributed by atoms with van der Waals surface area (Å²) in [5.74, 6) is -2.24. The highest BCUT2D eigenvalue weighted by Gasteiger charge is 2.34. The molecule has 0 radical (unpaired) electrons. The van der Waals surface area contributed by atoms with Crippen molar-refractivity contribution in [1.29, 1.82) is 0 Å². The summed E-state index contributed by atoms with van der Waals surface area (Å²) in [6, 6.07) is 0. The molecule has 0 saturated heterocycles. The van der Waals surface area contributed by atoms with Gasteiger partial charge in [0, 0.05) is 57.7 Å². The highest BCUT2D eigenvalue weighted by Crippen LogP contribution is 2.38. The smallest absolute Gasteiger partial charge is 0.338 e. The Bertz CT molecular complexity index is 1770. The van der Waals surface area contributed by atoms with Crippen LogP contribution in [-0.4, -0.2) is 37.8 Å². The molecular weight excluding hydrogens is 528 g/mol. The number of nitrogens with zero attached hydrogens (tertiary/aromatic N) is 1. The largest absolute Gasteiger partial charge is 0.481 e. The lowest BCUT2D eigenvalue weighted by Crippen LogP contribution is -2.26.